The zero-order valence-electron chi connectivity index (χ0n) is 10.1. The lowest BCUT2D eigenvalue weighted by atomic mass is 10.2. The maximum Gasteiger partial charge on any atom is 0.252 e. The summed E-state index contributed by atoms with van der Waals surface area (Å²) in [5, 5.41) is 0. The maximum atomic E-state index is 11.3. The first-order valence-corrected chi connectivity index (χ1v) is 5.31. The van der Waals surface area contributed by atoms with Crippen molar-refractivity contribution < 1.29 is 9.53 Å². The van der Waals surface area contributed by atoms with Crippen LogP contribution in [0.1, 0.15) is 16.8 Å². The normalized spacial score (nSPS) is 10.2. The Morgan fingerprint density at radius 2 is 2.29 bits per heavy atom. The van der Waals surface area contributed by atoms with E-state index in [2.05, 4.69) is 4.98 Å². The summed E-state index contributed by atoms with van der Waals surface area (Å²) in [6.07, 6.45) is 2.35. The van der Waals surface area contributed by atoms with Gasteiger partial charge in [-0.2, -0.15) is 0 Å². The van der Waals surface area contributed by atoms with Crippen molar-refractivity contribution in [2.45, 2.75) is 6.42 Å². The van der Waals surface area contributed by atoms with Gasteiger partial charge in [0, 0.05) is 27.3 Å². The van der Waals surface area contributed by atoms with Crippen molar-refractivity contribution in [1.82, 2.24) is 4.98 Å². The van der Waals surface area contributed by atoms with Crippen LogP contribution >= 0.6 is 0 Å². The molecule has 1 rings (SSSR count). The third kappa shape index (κ3) is 3.60. The van der Waals surface area contributed by atoms with Crippen LogP contribution in [0.25, 0.3) is 0 Å². The molecule has 0 aliphatic heterocycles. The predicted octanol–water partition coefficient (Wildman–Crippen LogP) is 0.235. The van der Waals surface area contributed by atoms with E-state index >= 15 is 0 Å². The van der Waals surface area contributed by atoms with Crippen LogP contribution in [0, 0.1) is 0 Å². The average molecular weight is 238 g/mol. The van der Waals surface area contributed by atoms with Crippen LogP contribution in [-0.2, 0) is 4.74 Å². The molecule has 0 atom stereocenters. The zero-order valence-corrected chi connectivity index (χ0v) is 10.1. The van der Waals surface area contributed by atoms with Crippen LogP contribution in [0.15, 0.2) is 12.3 Å². The number of hydrogen-bond acceptors (Lipinski definition) is 5. The van der Waals surface area contributed by atoms with Gasteiger partial charge in [-0.15, -0.1) is 0 Å². The first kappa shape index (κ1) is 13.2. The lowest BCUT2D eigenvalue weighted by Gasteiger charge is -2.20. The Kier molecular flexibility index (Phi) is 4.71. The molecule has 94 valence electrons. The van der Waals surface area contributed by atoms with Crippen molar-refractivity contribution in [3.05, 3.63) is 17.8 Å². The lowest BCUT2D eigenvalue weighted by Crippen LogP contribution is -2.25. The molecule has 6 nitrogen and oxygen atoms in total. The fourth-order valence-corrected chi connectivity index (χ4v) is 1.51. The summed E-state index contributed by atoms with van der Waals surface area (Å²) >= 11 is 0. The quantitative estimate of drug-likeness (QED) is 0.692. The number of ether oxygens (including phenoxy) is 1. The highest BCUT2D eigenvalue weighted by atomic mass is 16.5. The van der Waals surface area contributed by atoms with Gasteiger partial charge in [0.25, 0.3) is 5.91 Å². The Labute approximate surface area is 101 Å². The van der Waals surface area contributed by atoms with E-state index in [1.807, 2.05) is 11.9 Å². The largest absolute Gasteiger partial charge is 0.397 e. The van der Waals surface area contributed by atoms with Gasteiger partial charge >= 0.3 is 0 Å². The Hall–Kier alpha value is -1.82. The number of carbonyl (C=O) groups is 1. The van der Waals surface area contributed by atoms with Crippen LogP contribution in [0.5, 0.6) is 0 Å². The number of nitrogens with two attached hydrogens (primary N) is 2. The van der Waals surface area contributed by atoms with E-state index in [1.54, 1.807) is 7.11 Å². The minimum absolute atomic E-state index is 0.338. The molecule has 0 aromatic carbocycles. The van der Waals surface area contributed by atoms with Crippen molar-refractivity contribution >= 4 is 17.4 Å². The van der Waals surface area contributed by atoms with Crippen molar-refractivity contribution in [3.63, 3.8) is 0 Å². The summed E-state index contributed by atoms with van der Waals surface area (Å²) in [6, 6.07) is 1.54. The zero-order chi connectivity index (χ0) is 12.8. The first-order valence-electron chi connectivity index (χ1n) is 5.31. The summed E-state index contributed by atoms with van der Waals surface area (Å²) in [4.78, 5) is 17.3. The van der Waals surface area contributed by atoms with E-state index in [-0.39, 0.29) is 0 Å². The molecule has 0 unspecified atom stereocenters. The second-order valence-electron chi connectivity index (χ2n) is 3.77. The smallest absolute Gasteiger partial charge is 0.252 e. The molecular formula is C11H18N4O2. The lowest BCUT2D eigenvalue weighted by molar-refractivity contribution is 0.100. The number of amides is 1. The summed E-state index contributed by atoms with van der Waals surface area (Å²) in [5.74, 6) is 0.0150. The molecule has 0 radical (unpaired) electrons. The van der Waals surface area contributed by atoms with E-state index in [9.17, 15) is 4.79 Å². The minimum Gasteiger partial charge on any atom is -0.397 e. The molecule has 0 aliphatic carbocycles. The van der Waals surface area contributed by atoms with Gasteiger partial charge in [0.1, 0.15) is 5.82 Å². The number of carbonyl (C=O) groups excluding carboxylic acids is 1. The first-order chi connectivity index (χ1) is 8.06. The van der Waals surface area contributed by atoms with Crippen LogP contribution < -0.4 is 16.4 Å². The Morgan fingerprint density at radius 1 is 1.59 bits per heavy atom. The number of pyridine rings is 1. The topological polar surface area (TPSA) is 94.5 Å². The highest BCUT2D eigenvalue weighted by molar-refractivity contribution is 5.98. The molecule has 0 spiro atoms. The SMILES string of the molecule is COCCCN(C)c1ncc(N)cc1C(N)=O. The molecule has 17 heavy (non-hydrogen) atoms. The molecule has 6 heteroatoms. The Bertz CT molecular complexity index is 395. The van der Waals surface area contributed by atoms with Gasteiger partial charge in [-0.1, -0.05) is 0 Å². The molecule has 0 saturated heterocycles. The van der Waals surface area contributed by atoms with Crippen molar-refractivity contribution in [3.8, 4) is 0 Å². The average Bonchev–Trinajstić information content (AvgIpc) is 2.29. The van der Waals surface area contributed by atoms with E-state index in [4.69, 9.17) is 16.2 Å². The minimum atomic E-state index is -0.529. The van der Waals surface area contributed by atoms with Gasteiger partial charge in [0.05, 0.1) is 17.4 Å². The van der Waals surface area contributed by atoms with Gasteiger partial charge in [-0.25, -0.2) is 4.98 Å². The predicted molar refractivity (Wildman–Crippen MR) is 66.9 cm³/mol. The molecule has 1 amide bonds. The monoisotopic (exact) mass is 238 g/mol. The van der Waals surface area contributed by atoms with E-state index in [0.29, 0.717) is 23.7 Å². The molecule has 0 fully saturated rings. The fraction of sp³-hybridized carbons (Fsp3) is 0.455. The molecule has 4 N–H and O–H groups in total. The van der Waals surface area contributed by atoms with Gasteiger partial charge in [-0.3, -0.25) is 4.79 Å². The Morgan fingerprint density at radius 3 is 2.88 bits per heavy atom. The van der Waals surface area contributed by atoms with Crippen LogP contribution in [0.2, 0.25) is 0 Å². The maximum absolute atomic E-state index is 11.3. The third-order valence-electron chi connectivity index (χ3n) is 2.36. The summed E-state index contributed by atoms with van der Waals surface area (Å²) in [5.41, 5.74) is 11.6. The van der Waals surface area contributed by atoms with E-state index in [0.717, 1.165) is 13.0 Å². The van der Waals surface area contributed by atoms with Gasteiger partial charge < -0.3 is 21.1 Å². The highest BCUT2D eigenvalue weighted by Gasteiger charge is 2.13. The number of nitrogens with zero attached hydrogens (tertiary/aromatic N) is 2. The number of nitrogen functional groups attached to an aromatic ring is 1. The second-order valence-corrected chi connectivity index (χ2v) is 3.77. The van der Waals surface area contributed by atoms with Gasteiger partial charge in [0.2, 0.25) is 0 Å². The molecule has 1 aromatic rings. The van der Waals surface area contributed by atoms with Crippen molar-refractivity contribution in [2.75, 3.05) is 37.9 Å². The molecule has 1 aromatic heterocycles. The van der Waals surface area contributed by atoms with Crippen LogP contribution in [0.3, 0.4) is 0 Å². The van der Waals surface area contributed by atoms with Crippen molar-refractivity contribution in [2.24, 2.45) is 5.73 Å². The molecule has 1 heterocycles. The summed E-state index contributed by atoms with van der Waals surface area (Å²) in [7, 11) is 3.50. The number of hydrogen-bond donors (Lipinski definition) is 2. The third-order valence-corrected chi connectivity index (χ3v) is 2.36. The second kappa shape index (κ2) is 6.05. The standard InChI is InChI=1S/C11H18N4O2/c1-15(4-3-5-17-2)11-9(10(13)16)6-8(12)7-14-11/h6-7H,3-5,12H2,1-2H3,(H2,13,16). The number of aromatic nitrogens is 1. The number of rotatable bonds is 6. The fourth-order valence-electron chi connectivity index (χ4n) is 1.51. The van der Waals surface area contributed by atoms with Crippen LogP contribution in [0.4, 0.5) is 11.5 Å². The van der Waals surface area contributed by atoms with Crippen molar-refractivity contribution in [1.29, 1.82) is 0 Å². The van der Waals surface area contributed by atoms with E-state index < -0.39 is 5.91 Å². The summed E-state index contributed by atoms with van der Waals surface area (Å²) in [6.45, 7) is 1.39. The molecule has 0 bridgehead atoms. The molecular weight excluding hydrogens is 220 g/mol. The Balaban J connectivity index is 2.84. The van der Waals surface area contributed by atoms with E-state index in [1.165, 1.54) is 12.3 Å². The highest BCUT2D eigenvalue weighted by Crippen LogP contribution is 2.18. The molecule has 0 aliphatic rings. The number of anilines is 2. The van der Waals surface area contributed by atoms with Crippen LogP contribution in [-0.4, -0.2) is 38.2 Å². The molecule has 0 saturated carbocycles. The van der Waals surface area contributed by atoms with Gasteiger partial charge in [-0.05, 0) is 12.5 Å². The number of primary amides is 1. The van der Waals surface area contributed by atoms with Gasteiger partial charge in [0.15, 0.2) is 0 Å². The number of methoxy groups -OCH3 is 1. The summed E-state index contributed by atoms with van der Waals surface area (Å²) < 4.78 is 4.97.